The highest BCUT2D eigenvalue weighted by molar-refractivity contribution is 8.32. The predicted octanol–water partition coefficient (Wildman–Crippen LogP) is 4.87. The Kier molecular flexibility index (Phi) is 9.50. The van der Waals surface area contributed by atoms with Crippen molar-refractivity contribution >= 4 is 27.6 Å². The Balaban J connectivity index is 1.59. The first-order valence-corrected chi connectivity index (χ1v) is 14.4. The second kappa shape index (κ2) is 12.1. The SMILES string of the molecule is COc1cc(C(=O)OC[C@@H]2C[C@H](O)C[C@H](OCCS(C)(C)C)O2)cc(Cl)c1Oc1ccccc1. The van der Waals surface area contributed by atoms with E-state index in [9.17, 15) is 9.90 Å². The van der Waals surface area contributed by atoms with Crippen LogP contribution in [0.3, 0.4) is 0 Å². The third-order valence-electron chi connectivity index (χ3n) is 5.17. The Morgan fingerprint density at radius 3 is 2.59 bits per heavy atom. The molecule has 3 atom stereocenters. The summed E-state index contributed by atoms with van der Waals surface area (Å²) < 4.78 is 28.4. The molecule has 188 valence electrons. The maximum absolute atomic E-state index is 12.7. The number of hydrogen-bond acceptors (Lipinski definition) is 7. The zero-order chi connectivity index (χ0) is 24.7. The van der Waals surface area contributed by atoms with Crippen LogP contribution in [-0.2, 0) is 14.2 Å². The van der Waals surface area contributed by atoms with E-state index in [1.165, 1.54) is 19.2 Å². The monoisotopic (exact) mass is 512 g/mol. The van der Waals surface area contributed by atoms with Gasteiger partial charge < -0.3 is 28.8 Å². The summed E-state index contributed by atoms with van der Waals surface area (Å²) in [5.74, 6) is 1.58. The predicted molar refractivity (Wildman–Crippen MR) is 135 cm³/mol. The third kappa shape index (κ3) is 8.06. The van der Waals surface area contributed by atoms with Gasteiger partial charge in [-0.3, -0.25) is 0 Å². The molecule has 1 fully saturated rings. The Morgan fingerprint density at radius 1 is 1.18 bits per heavy atom. The van der Waals surface area contributed by atoms with Crippen molar-refractivity contribution in [2.45, 2.75) is 31.3 Å². The second-order valence-electron chi connectivity index (χ2n) is 8.98. The summed E-state index contributed by atoms with van der Waals surface area (Å²) >= 11 is 6.39. The molecule has 1 N–H and O–H groups in total. The number of ether oxygens (including phenoxy) is 5. The maximum atomic E-state index is 12.7. The molecule has 1 heterocycles. The van der Waals surface area contributed by atoms with E-state index >= 15 is 0 Å². The summed E-state index contributed by atoms with van der Waals surface area (Å²) in [6, 6.07) is 12.1. The number of hydrogen-bond donors (Lipinski definition) is 1. The van der Waals surface area contributed by atoms with Gasteiger partial charge in [-0.1, -0.05) is 29.8 Å². The molecule has 0 unspecified atom stereocenters. The molecule has 2 aromatic carbocycles. The average Bonchev–Trinajstić information content (AvgIpc) is 2.78. The zero-order valence-corrected chi connectivity index (χ0v) is 21.6. The summed E-state index contributed by atoms with van der Waals surface area (Å²) in [7, 11) is 0.793. The Labute approximate surface area is 207 Å². The first-order chi connectivity index (χ1) is 16.1. The normalized spacial score (nSPS) is 21.1. The highest BCUT2D eigenvalue weighted by Crippen LogP contribution is 2.39. The molecule has 2 aromatic rings. The van der Waals surface area contributed by atoms with Gasteiger partial charge in [0.2, 0.25) is 0 Å². The quantitative estimate of drug-likeness (QED) is 0.454. The van der Waals surface area contributed by atoms with Crippen LogP contribution in [-0.4, -0.2) is 74.4 Å². The minimum absolute atomic E-state index is 0.0114. The van der Waals surface area contributed by atoms with Crippen molar-refractivity contribution < 1.29 is 33.6 Å². The van der Waals surface area contributed by atoms with Crippen molar-refractivity contribution in [3.8, 4) is 17.2 Å². The summed E-state index contributed by atoms with van der Waals surface area (Å²) in [5.41, 5.74) is 0.222. The molecule has 1 aliphatic heterocycles. The smallest absolute Gasteiger partial charge is 0.338 e. The zero-order valence-electron chi connectivity index (χ0n) is 20.0. The van der Waals surface area contributed by atoms with Gasteiger partial charge in [0.25, 0.3) is 0 Å². The molecule has 0 saturated carbocycles. The van der Waals surface area contributed by atoms with Crippen LogP contribution in [0.1, 0.15) is 23.2 Å². The summed E-state index contributed by atoms with van der Waals surface area (Å²) in [6.45, 7) is 0.556. The van der Waals surface area contributed by atoms with Crippen molar-refractivity contribution in [3.05, 3.63) is 53.1 Å². The number of rotatable bonds is 10. The lowest BCUT2D eigenvalue weighted by Gasteiger charge is -2.33. The van der Waals surface area contributed by atoms with Gasteiger partial charge >= 0.3 is 5.97 Å². The van der Waals surface area contributed by atoms with Crippen LogP contribution in [0.4, 0.5) is 0 Å². The van der Waals surface area contributed by atoms with E-state index in [2.05, 4.69) is 18.8 Å². The molecule has 3 rings (SSSR count). The van der Waals surface area contributed by atoms with Gasteiger partial charge in [-0.05, 0) is 43.0 Å². The van der Waals surface area contributed by atoms with Crippen LogP contribution >= 0.6 is 21.6 Å². The second-order valence-corrected chi connectivity index (χ2v) is 14.0. The van der Waals surface area contributed by atoms with Crippen molar-refractivity contribution in [1.29, 1.82) is 0 Å². The molecule has 0 bridgehead atoms. The van der Waals surface area contributed by atoms with Crippen LogP contribution in [0.2, 0.25) is 5.02 Å². The molecule has 1 aliphatic rings. The number of aliphatic hydroxyl groups excluding tert-OH is 1. The Bertz CT molecular complexity index is 948. The third-order valence-corrected chi connectivity index (χ3v) is 6.84. The molecule has 0 aliphatic carbocycles. The lowest BCUT2D eigenvalue weighted by atomic mass is 10.1. The molecular formula is C25H33ClO7S. The molecular weight excluding hydrogens is 480 g/mol. The molecule has 0 amide bonds. The molecule has 1 saturated heterocycles. The Hall–Kier alpha value is -1.97. The van der Waals surface area contributed by atoms with Gasteiger partial charge in [-0.25, -0.2) is 14.8 Å². The molecule has 9 heteroatoms. The summed E-state index contributed by atoms with van der Waals surface area (Å²) in [4.78, 5) is 12.7. The number of aliphatic hydroxyl groups is 1. The average molecular weight is 513 g/mol. The van der Waals surface area contributed by atoms with Gasteiger partial charge in [-0.2, -0.15) is 0 Å². The van der Waals surface area contributed by atoms with Crippen LogP contribution < -0.4 is 9.47 Å². The molecule has 7 nitrogen and oxygen atoms in total. The first kappa shape index (κ1) is 26.6. The largest absolute Gasteiger partial charge is 0.493 e. The fourth-order valence-electron chi connectivity index (χ4n) is 3.39. The number of para-hydroxylation sites is 1. The Morgan fingerprint density at radius 2 is 1.91 bits per heavy atom. The van der Waals surface area contributed by atoms with Crippen molar-refractivity contribution in [2.75, 3.05) is 44.8 Å². The van der Waals surface area contributed by atoms with Crippen molar-refractivity contribution in [3.63, 3.8) is 0 Å². The number of carbonyl (C=O) groups is 1. The summed E-state index contributed by atoms with van der Waals surface area (Å²) in [5, 5.41) is 10.4. The number of carbonyl (C=O) groups excluding carboxylic acids is 1. The van der Waals surface area contributed by atoms with E-state index in [-0.39, 0.29) is 17.2 Å². The van der Waals surface area contributed by atoms with Crippen molar-refractivity contribution in [2.24, 2.45) is 0 Å². The maximum Gasteiger partial charge on any atom is 0.338 e. The van der Waals surface area contributed by atoms with Gasteiger partial charge in [0.1, 0.15) is 12.4 Å². The fraction of sp³-hybridized carbons (Fsp3) is 0.480. The van der Waals surface area contributed by atoms with E-state index in [1.807, 2.05) is 18.2 Å². The van der Waals surface area contributed by atoms with Crippen LogP contribution in [0.25, 0.3) is 0 Å². The van der Waals surface area contributed by atoms with E-state index in [4.69, 9.17) is 35.3 Å². The van der Waals surface area contributed by atoms with Gasteiger partial charge in [0.05, 0.1) is 36.5 Å². The number of halogens is 1. The van der Waals surface area contributed by atoms with Crippen molar-refractivity contribution in [1.82, 2.24) is 0 Å². The van der Waals surface area contributed by atoms with Crippen LogP contribution in [0, 0.1) is 0 Å². The van der Waals surface area contributed by atoms with E-state index in [0.29, 0.717) is 36.7 Å². The minimum atomic E-state index is -0.677. The minimum Gasteiger partial charge on any atom is -0.493 e. The van der Waals surface area contributed by atoms with E-state index in [1.54, 1.807) is 12.1 Å². The number of benzene rings is 2. The molecule has 0 radical (unpaired) electrons. The lowest BCUT2D eigenvalue weighted by Crippen LogP contribution is -2.40. The van der Waals surface area contributed by atoms with Gasteiger partial charge in [0, 0.05) is 18.6 Å². The highest BCUT2D eigenvalue weighted by Gasteiger charge is 2.30. The molecule has 34 heavy (non-hydrogen) atoms. The number of esters is 1. The first-order valence-electron chi connectivity index (χ1n) is 11.0. The van der Waals surface area contributed by atoms with Crippen LogP contribution in [0.5, 0.6) is 17.2 Å². The summed E-state index contributed by atoms with van der Waals surface area (Å²) in [6.07, 6.45) is 5.87. The number of methoxy groups -OCH3 is 1. The fourth-order valence-corrected chi connectivity index (χ4v) is 4.23. The molecule has 0 aromatic heterocycles. The topological polar surface area (TPSA) is 83.5 Å². The lowest BCUT2D eigenvalue weighted by molar-refractivity contribution is -0.219. The molecule has 0 spiro atoms. The van der Waals surface area contributed by atoms with E-state index < -0.39 is 34.5 Å². The van der Waals surface area contributed by atoms with Crippen LogP contribution in [0.15, 0.2) is 42.5 Å². The standard InChI is InChI=1S/C25H33ClO7S/c1-29-22-13-17(12-21(26)24(22)33-19-8-6-5-7-9-19)25(28)31-16-20-14-18(27)15-23(32-20)30-10-11-34(2,3)4/h5-9,12-13,18,20,23,27H,10-11,14-16H2,1-4H3/t18-,20-,23+/m0/s1. The van der Waals surface area contributed by atoms with Gasteiger partial charge in [-0.15, -0.1) is 0 Å². The van der Waals surface area contributed by atoms with E-state index in [0.717, 1.165) is 5.75 Å². The highest BCUT2D eigenvalue weighted by atomic mass is 35.5. The van der Waals surface area contributed by atoms with Gasteiger partial charge in [0.15, 0.2) is 17.8 Å².